The second kappa shape index (κ2) is 6.55. The predicted molar refractivity (Wildman–Crippen MR) is 104 cm³/mol. The van der Waals surface area contributed by atoms with Crippen molar-refractivity contribution >= 4 is 28.4 Å². The summed E-state index contributed by atoms with van der Waals surface area (Å²) in [6.07, 6.45) is 3.95. The molecule has 0 amide bonds. The van der Waals surface area contributed by atoms with Crippen molar-refractivity contribution in [2.75, 3.05) is 13.2 Å². The van der Waals surface area contributed by atoms with Crippen molar-refractivity contribution in [1.82, 2.24) is 24.6 Å². The molecular weight excluding hydrogens is 362 g/mol. The lowest BCUT2D eigenvalue weighted by molar-refractivity contribution is 0.0804. The zero-order valence-corrected chi connectivity index (χ0v) is 15.6. The summed E-state index contributed by atoms with van der Waals surface area (Å²) in [6, 6.07) is 9.95. The van der Waals surface area contributed by atoms with Crippen LogP contribution in [-0.2, 0) is 4.74 Å². The number of halogens is 1. The van der Waals surface area contributed by atoms with Gasteiger partial charge in [0.1, 0.15) is 5.52 Å². The molecule has 0 bridgehead atoms. The van der Waals surface area contributed by atoms with Gasteiger partial charge in [-0.1, -0.05) is 17.7 Å². The van der Waals surface area contributed by atoms with E-state index in [2.05, 4.69) is 32.3 Å². The maximum absolute atomic E-state index is 6.57. The molecular formula is C20H18ClN5O. The number of hydrogen-bond donors (Lipinski definition) is 0. The summed E-state index contributed by atoms with van der Waals surface area (Å²) in [4.78, 5) is 9.10. The first-order valence-corrected chi connectivity index (χ1v) is 9.44. The van der Waals surface area contributed by atoms with E-state index in [0.29, 0.717) is 22.4 Å². The van der Waals surface area contributed by atoms with Crippen LogP contribution in [-0.4, -0.2) is 37.8 Å². The van der Waals surface area contributed by atoms with Gasteiger partial charge in [-0.15, -0.1) is 10.2 Å². The normalized spacial score (nSPS) is 17.6. The lowest BCUT2D eigenvalue weighted by Gasteiger charge is -2.23. The first kappa shape index (κ1) is 16.6. The van der Waals surface area contributed by atoms with Crippen molar-refractivity contribution in [2.24, 2.45) is 0 Å². The molecule has 3 aromatic heterocycles. The topological polar surface area (TPSA) is 65.2 Å². The van der Waals surface area contributed by atoms with Crippen molar-refractivity contribution in [1.29, 1.82) is 0 Å². The van der Waals surface area contributed by atoms with Gasteiger partial charge in [-0.05, 0) is 49.6 Å². The number of rotatable bonds is 2. The molecule has 136 valence electrons. The summed E-state index contributed by atoms with van der Waals surface area (Å²) in [7, 11) is 0. The first-order valence-electron chi connectivity index (χ1n) is 9.06. The molecule has 1 fully saturated rings. The van der Waals surface area contributed by atoms with Crippen LogP contribution in [0.5, 0.6) is 0 Å². The Morgan fingerprint density at radius 3 is 2.96 bits per heavy atom. The van der Waals surface area contributed by atoms with Crippen LogP contribution in [0.1, 0.15) is 30.0 Å². The molecule has 27 heavy (non-hydrogen) atoms. The van der Waals surface area contributed by atoms with E-state index in [-0.39, 0.29) is 0 Å². The second-order valence-corrected chi connectivity index (χ2v) is 7.29. The molecule has 1 aromatic carbocycles. The third kappa shape index (κ3) is 2.76. The van der Waals surface area contributed by atoms with E-state index in [1.54, 1.807) is 6.20 Å². The minimum absolute atomic E-state index is 0.382. The van der Waals surface area contributed by atoms with Crippen molar-refractivity contribution in [2.45, 2.75) is 25.7 Å². The number of aromatic nitrogens is 5. The Kier molecular flexibility index (Phi) is 4.02. The number of benzene rings is 1. The maximum Gasteiger partial charge on any atom is 0.184 e. The van der Waals surface area contributed by atoms with Crippen molar-refractivity contribution in [3.63, 3.8) is 0 Å². The van der Waals surface area contributed by atoms with Crippen LogP contribution in [0.25, 0.3) is 28.2 Å². The third-order valence-electron chi connectivity index (χ3n) is 5.12. The molecule has 5 rings (SSSR count). The summed E-state index contributed by atoms with van der Waals surface area (Å²) >= 11 is 6.57. The smallest absolute Gasteiger partial charge is 0.184 e. The Morgan fingerprint density at radius 2 is 2.11 bits per heavy atom. The highest BCUT2D eigenvalue weighted by Gasteiger charge is 2.21. The number of ether oxygens (including phenoxy) is 1. The number of pyridine rings is 1. The average molecular weight is 380 g/mol. The fraction of sp³-hybridized carbons (Fsp3) is 0.300. The van der Waals surface area contributed by atoms with Crippen molar-refractivity contribution in [3.8, 4) is 11.4 Å². The standard InChI is InChI=1S/C20H18ClN5O/c1-12-18-24-25-19(26(18)20-17(23-12)5-2-8-22-20)15-10-13(6-7-16(15)21)14-4-3-9-27-11-14/h2,5-8,10,14H,3-4,9,11H2,1H3. The summed E-state index contributed by atoms with van der Waals surface area (Å²) in [5.41, 5.74) is 5.09. The molecule has 4 heterocycles. The van der Waals surface area contributed by atoms with Gasteiger partial charge >= 0.3 is 0 Å². The molecule has 1 atom stereocenters. The molecule has 6 nitrogen and oxygen atoms in total. The van der Waals surface area contributed by atoms with E-state index in [1.807, 2.05) is 29.5 Å². The highest BCUT2D eigenvalue weighted by atomic mass is 35.5. The van der Waals surface area contributed by atoms with E-state index in [1.165, 1.54) is 5.56 Å². The minimum atomic E-state index is 0.382. The van der Waals surface area contributed by atoms with Crippen LogP contribution in [0.4, 0.5) is 0 Å². The fourth-order valence-electron chi connectivity index (χ4n) is 3.74. The molecule has 1 aliphatic rings. The van der Waals surface area contributed by atoms with Gasteiger partial charge in [0.2, 0.25) is 0 Å². The van der Waals surface area contributed by atoms with Crippen LogP contribution < -0.4 is 0 Å². The Morgan fingerprint density at radius 1 is 1.19 bits per heavy atom. The largest absolute Gasteiger partial charge is 0.381 e. The highest BCUT2D eigenvalue weighted by molar-refractivity contribution is 6.33. The van der Waals surface area contributed by atoms with E-state index >= 15 is 0 Å². The lowest BCUT2D eigenvalue weighted by atomic mass is 9.92. The Bertz CT molecular complexity index is 1150. The quantitative estimate of drug-likeness (QED) is 0.522. The number of hydrogen-bond acceptors (Lipinski definition) is 5. The summed E-state index contributed by atoms with van der Waals surface area (Å²) in [6.45, 7) is 3.52. The van der Waals surface area contributed by atoms with E-state index in [4.69, 9.17) is 16.3 Å². The molecule has 1 aliphatic heterocycles. The van der Waals surface area contributed by atoms with Crippen molar-refractivity contribution < 1.29 is 4.74 Å². The van der Waals surface area contributed by atoms with Gasteiger partial charge in [-0.3, -0.25) is 4.40 Å². The Labute approximate surface area is 161 Å². The molecule has 0 spiro atoms. The van der Waals surface area contributed by atoms with Crippen LogP contribution in [0.3, 0.4) is 0 Å². The summed E-state index contributed by atoms with van der Waals surface area (Å²) in [5, 5.41) is 9.44. The van der Waals surface area contributed by atoms with Gasteiger partial charge in [0.05, 0.1) is 17.3 Å². The number of aryl methyl sites for hydroxylation is 1. The van der Waals surface area contributed by atoms with Crippen LogP contribution >= 0.6 is 11.6 Å². The Hall–Kier alpha value is -2.57. The zero-order chi connectivity index (χ0) is 18.4. The SMILES string of the molecule is Cc1nc2cccnc2n2c(-c3cc(C4CCCOC4)ccc3Cl)nnc12. The molecule has 0 radical (unpaired) electrons. The van der Waals surface area contributed by atoms with Gasteiger partial charge in [0, 0.05) is 24.3 Å². The van der Waals surface area contributed by atoms with Gasteiger partial charge in [0.15, 0.2) is 17.1 Å². The molecule has 0 aliphatic carbocycles. The van der Waals surface area contributed by atoms with E-state index in [9.17, 15) is 0 Å². The maximum atomic E-state index is 6.57. The van der Waals surface area contributed by atoms with E-state index < -0.39 is 0 Å². The van der Waals surface area contributed by atoms with Gasteiger partial charge in [-0.25, -0.2) is 9.97 Å². The molecule has 4 aromatic rings. The zero-order valence-electron chi connectivity index (χ0n) is 14.9. The average Bonchev–Trinajstić information content (AvgIpc) is 3.15. The van der Waals surface area contributed by atoms with Gasteiger partial charge < -0.3 is 4.74 Å². The second-order valence-electron chi connectivity index (χ2n) is 6.88. The number of nitrogens with zero attached hydrogens (tertiary/aromatic N) is 5. The minimum Gasteiger partial charge on any atom is -0.381 e. The monoisotopic (exact) mass is 379 g/mol. The lowest BCUT2D eigenvalue weighted by Crippen LogP contribution is -2.15. The van der Waals surface area contributed by atoms with Gasteiger partial charge in [-0.2, -0.15) is 0 Å². The molecule has 7 heteroatoms. The number of fused-ring (bicyclic) bond motifs is 3. The summed E-state index contributed by atoms with van der Waals surface area (Å²) in [5.74, 6) is 1.06. The van der Waals surface area contributed by atoms with E-state index in [0.717, 1.165) is 48.5 Å². The highest BCUT2D eigenvalue weighted by Crippen LogP contribution is 2.34. The Balaban J connectivity index is 1.74. The first-order chi connectivity index (χ1) is 13.2. The van der Waals surface area contributed by atoms with Crippen LogP contribution in [0, 0.1) is 6.92 Å². The summed E-state index contributed by atoms with van der Waals surface area (Å²) < 4.78 is 7.60. The van der Waals surface area contributed by atoms with Gasteiger partial charge in [0.25, 0.3) is 0 Å². The molecule has 0 N–H and O–H groups in total. The molecule has 1 unspecified atom stereocenters. The third-order valence-corrected chi connectivity index (χ3v) is 5.45. The molecule has 1 saturated heterocycles. The van der Waals surface area contributed by atoms with Crippen molar-refractivity contribution in [3.05, 3.63) is 52.8 Å². The van der Waals surface area contributed by atoms with Crippen LogP contribution in [0.2, 0.25) is 5.02 Å². The predicted octanol–water partition coefficient (Wildman–Crippen LogP) is 4.20. The van der Waals surface area contributed by atoms with Crippen LogP contribution in [0.15, 0.2) is 36.5 Å². The fourth-order valence-corrected chi connectivity index (χ4v) is 3.95. The molecule has 0 saturated carbocycles.